The minimum absolute atomic E-state index is 0.116. The molecule has 0 radical (unpaired) electrons. The third kappa shape index (κ3) is 2.98. The van der Waals surface area contributed by atoms with Crippen molar-refractivity contribution in [2.45, 2.75) is 70.5 Å². The summed E-state index contributed by atoms with van der Waals surface area (Å²) in [7, 11) is 1.79. The number of rotatable bonds is 5. The van der Waals surface area contributed by atoms with Crippen LogP contribution in [0.15, 0.2) is 0 Å². The van der Waals surface area contributed by atoms with Crippen molar-refractivity contribution in [2.75, 3.05) is 20.1 Å². The van der Waals surface area contributed by atoms with E-state index in [0.717, 1.165) is 12.8 Å². The highest BCUT2D eigenvalue weighted by Crippen LogP contribution is 2.27. The summed E-state index contributed by atoms with van der Waals surface area (Å²) in [5.74, 6) is 0. The summed E-state index contributed by atoms with van der Waals surface area (Å²) in [5.41, 5.74) is 0. The maximum Gasteiger partial charge on any atom is 0.170 e. The SMILES string of the molecule is CCN1C(C)CC(NC(C)N2CCC(NC)C2F)C1F. The van der Waals surface area contributed by atoms with Crippen LogP contribution < -0.4 is 10.6 Å². The lowest BCUT2D eigenvalue weighted by Crippen LogP contribution is -2.53. The van der Waals surface area contributed by atoms with Crippen molar-refractivity contribution in [1.29, 1.82) is 0 Å². The highest BCUT2D eigenvalue weighted by molar-refractivity contribution is 4.93. The Morgan fingerprint density at radius 3 is 2.45 bits per heavy atom. The summed E-state index contributed by atoms with van der Waals surface area (Å²) in [6.07, 6.45) is -0.541. The van der Waals surface area contributed by atoms with E-state index in [2.05, 4.69) is 10.6 Å². The van der Waals surface area contributed by atoms with Crippen molar-refractivity contribution in [1.82, 2.24) is 20.4 Å². The minimum Gasteiger partial charge on any atom is -0.313 e. The molecule has 0 aromatic rings. The van der Waals surface area contributed by atoms with E-state index in [1.807, 2.05) is 25.7 Å². The van der Waals surface area contributed by atoms with Gasteiger partial charge in [-0.2, -0.15) is 0 Å². The first-order valence-electron chi connectivity index (χ1n) is 7.72. The molecule has 2 fully saturated rings. The first-order valence-corrected chi connectivity index (χ1v) is 7.72. The van der Waals surface area contributed by atoms with Crippen LogP contribution in [0.3, 0.4) is 0 Å². The molecule has 2 saturated heterocycles. The lowest BCUT2D eigenvalue weighted by molar-refractivity contribution is 0.0373. The van der Waals surface area contributed by atoms with Gasteiger partial charge in [-0.25, -0.2) is 8.78 Å². The third-order valence-corrected chi connectivity index (χ3v) is 4.85. The van der Waals surface area contributed by atoms with E-state index in [9.17, 15) is 8.78 Å². The Hall–Kier alpha value is -0.300. The number of hydrogen-bond donors (Lipinski definition) is 2. The van der Waals surface area contributed by atoms with Crippen LogP contribution in [0.2, 0.25) is 0 Å². The van der Waals surface area contributed by atoms with Crippen LogP contribution in [0.5, 0.6) is 0 Å². The van der Waals surface area contributed by atoms with Crippen molar-refractivity contribution < 1.29 is 8.78 Å². The van der Waals surface area contributed by atoms with Crippen LogP contribution in [-0.4, -0.2) is 66.8 Å². The molecule has 6 heteroatoms. The van der Waals surface area contributed by atoms with E-state index in [0.29, 0.717) is 13.1 Å². The van der Waals surface area contributed by atoms with Gasteiger partial charge in [-0.05, 0) is 40.3 Å². The molecular formula is C14H28F2N4. The van der Waals surface area contributed by atoms with Gasteiger partial charge >= 0.3 is 0 Å². The molecule has 118 valence electrons. The van der Waals surface area contributed by atoms with Gasteiger partial charge in [-0.15, -0.1) is 0 Å². The molecule has 0 aliphatic carbocycles. The van der Waals surface area contributed by atoms with Crippen LogP contribution in [0.1, 0.15) is 33.6 Å². The van der Waals surface area contributed by atoms with E-state index in [1.54, 1.807) is 11.9 Å². The fourth-order valence-corrected chi connectivity index (χ4v) is 3.60. The predicted octanol–water partition coefficient (Wildman–Crippen LogP) is 1.29. The van der Waals surface area contributed by atoms with Crippen molar-refractivity contribution >= 4 is 0 Å². The standard InChI is InChI=1S/C14H28F2N4/c1-5-19-9(2)8-12(14(19)16)18-10(3)20-7-6-11(17-4)13(20)15/h9-14,17-18H,5-8H2,1-4H3. The van der Waals surface area contributed by atoms with Crippen LogP contribution in [0, 0.1) is 0 Å². The highest BCUT2D eigenvalue weighted by Gasteiger charge is 2.41. The van der Waals surface area contributed by atoms with Gasteiger partial charge in [0.25, 0.3) is 0 Å². The Morgan fingerprint density at radius 2 is 1.95 bits per heavy atom. The molecule has 0 amide bonds. The summed E-state index contributed by atoms with van der Waals surface area (Å²) < 4.78 is 28.5. The van der Waals surface area contributed by atoms with Gasteiger partial charge in [-0.3, -0.25) is 15.1 Å². The van der Waals surface area contributed by atoms with Gasteiger partial charge in [0.15, 0.2) is 12.6 Å². The first kappa shape index (κ1) is 16.1. The number of nitrogens with zero attached hydrogens (tertiary/aromatic N) is 2. The second-order valence-electron chi connectivity index (χ2n) is 6.03. The second-order valence-corrected chi connectivity index (χ2v) is 6.03. The molecule has 20 heavy (non-hydrogen) atoms. The van der Waals surface area contributed by atoms with Gasteiger partial charge in [0.05, 0.1) is 18.2 Å². The largest absolute Gasteiger partial charge is 0.313 e. The summed E-state index contributed by atoms with van der Waals surface area (Å²) in [6, 6.07) is -0.0830. The van der Waals surface area contributed by atoms with Crippen molar-refractivity contribution in [2.24, 2.45) is 0 Å². The zero-order valence-electron chi connectivity index (χ0n) is 12.9. The van der Waals surface area contributed by atoms with Gasteiger partial charge < -0.3 is 5.32 Å². The Labute approximate surface area is 120 Å². The molecular weight excluding hydrogens is 262 g/mol. The average Bonchev–Trinajstić information content (AvgIpc) is 2.90. The van der Waals surface area contributed by atoms with Crippen LogP contribution >= 0.6 is 0 Å². The number of likely N-dealkylation sites (tertiary alicyclic amines) is 2. The number of halogens is 2. The van der Waals surface area contributed by atoms with Crippen molar-refractivity contribution in [3.05, 3.63) is 0 Å². The monoisotopic (exact) mass is 290 g/mol. The quantitative estimate of drug-likeness (QED) is 0.747. The Morgan fingerprint density at radius 1 is 1.25 bits per heavy atom. The molecule has 2 aliphatic rings. The smallest absolute Gasteiger partial charge is 0.170 e. The fraction of sp³-hybridized carbons (Fsp3) is 1.00. The number of likely N-dealkylation sites (N-methyl/N-ethyl adjacent to an activating group) is 2. The zero-order chi connectivity index (χ0) is 14.9. The normalized spacial score (nSPS) is 41.4. The molecule has 0 aromatic heterocycles. The third-order valence-electron chi connectivity index (χ3n) is 4.85. The fourth-order valence-electron chi connectivity index (χ4n) is 3.60. The molecule has 0 saturated carbocycles. The molecule has 2 N–H and O–H groups in total. The van der Waals surface area contributed by atoms with Crippen LogP contribution in [0.25, 0.3) is 0 Å². The summed E-state index contributed by atoms with van der Waals surface area (Å²) in [4.78, 5) is 3.64. The van der Waals surface area contributed by atoms with Crippen LogP contribution in [0.4, 0.5) is 8.78 Å². The number of hydrogen-bond acceptors (Lipinski definition) is 4. The van der Waals surface area contributed by atoms with E-state index >= 15 is 0 Å². The van der Waals surface area contributed by atoms with Crippen LogP contribution in [-0.2, 0) is 0 Å². The van der Waals surface area contributed by atoms with Crippen molar-refractivity contribution in [3.63, 3.8) is 0 Å². The van der Waals surface area contributed by atoms with E-state index in [-0.39, 0.29) is 24.3 Å². The lowest BCUT2D eigenvalue weighted by Gasteiger charge is -2.31. The van der Waals surface area contributed by atoms with Crippen molar-refractivity contribution in [3.8, 4) is 0 Å². The first-order chi connectivity index (χ1) is 9.49. The molecule has 0 spiro atoms. The highest BCUT2D eigenvalue weighted by atomic mass is 19.1. The molecule has 0 bridgehead atoms. The average molecular weight is 290 g/mol. The molecule has 4 nitrogen and oxygen atoms in total. The Balaban J connectivity index is 1.91. The molecule has 2 heterocycles. The van der Waals surface area contributed by atoms with E-state index < -0.39 is 12.6 Å². The topological polar surface area (TPSA) is 30.5 Å². The van der Waals surface area contributed by atoms with Gasteiger partial charge in [-0.1, -0.05) is 6.92 Å². The predicted molar refractivity (Wildman–Crippen MR) is 76.8 cm³/mol. The molecule has 6 atom stereocenters. The molecule has 6 unspecified atom stereocenters. The molecule has 0 aromatic carbocycles. The maximum atomic E-state index is 14.3. The summed E-state index contributed by atoms with van der Waals surface area (Å²) in [6.45, 7) is 7.37. The summed E-state index contributed by atoms with van der Waals surface area (Å²) in [5, 5.41) is 6.28. The van der Waals surface area contributed by atoms with Gasteiger partial charge in [0, 0.05) is 12.6 Å². The zero-order valence-corrected chi connectivity index (χ0v) is 12.9. The Bertz CT molecular complexity index is 318. The summed E-state index contributed by atoms with van der Waals surface area (Å²) >= 11 is 0. The van der Waals surface area contributed by atoms with Gasteiger partial charge in [0.2, 0.25) is 0 Å². The minimum atomic E-state index is -0.998. The molecule has 2 rings (SSSR count). The Kier molecular flexibility index (Phi) is 5.34. The number of nitrogens with one attached hydrogen (secondary N) is 2. The lowest BCUT2D eigenvalue weighted by atomic mass is 10.2. The second kappa shape index (κ2) is 6.64. The van der Waals surface area contributed by atoms with E-state index in [4.69, 9.17) is 0 Å². The number of alkyl halides is 2. The van der Waals surface area contributed by atoms with Gasteiger partial charge in [0.1, 0.15) is 0 Å². The maximum absolute atomic E-state index is 14.3. The molecule has 2 aliphatic heterocycles. The van der Waals surface area contributed by atoms with E-state index in [1.165, 1.54) is 0 Å².